The van der Waals surface area contributed by atoms with E-state index in [-0.39, 0.29) is 12.5 Å². The van der Waals surface area contributed by atoms with Gasteiger partial charge >= 0.3 is 5.97 Å². The molecular formula is C12H14Cl2N2O3. The van der Waals surface area contributed by atoms with Crippen molar-refractivity contribution in [3.05, 3.63) is 28.2 Å². The Kier molecular flexibility index (Phi) is 5.17. The second kappa shape index (κ2) is 6.23. The second-order valence-electron chi connectivity index (χ2n) is 4.46. The van der Waals surface area contributed by atoms with Gasteiger partial charge in [-0.15, -0.1) is 0 Å². The third kappa shape index (κ3) is 4.70. The molecule has 0 saturated carbocycles. The number of benzene rings is 1. The van der Waals surface area contributed by atoms with Crippen molar-refractivity contribution in [1.29, 1.82) is 0 Å². The van der Waals surface area contributed by atoms with Crippen LogP contribution in [0.15, 0.2) is 18.2 Å². The normalized spacial score (nSPS) is 11.2. The number of hydrogen-bond donors (Lipinski definition) is 3. The van der Waals surface area contributed by atoms with Crippen LogP contribution in [0.1, 0.15) is 13.8 Å². The van der Waals surface area contributed by atoms with Gasteiger partial charge in [-0.1, -0.05) is 23.2 Å². The Hall–Kier alpha value is -1.30. The van der Waals surface area contributed by atoms with Crippen LogP contribution in [0.2, 0.25) is 10.0 Å². The van der Waals surface area contributed by atoms with Crippen molar-refractivity contribution in [2.24, 2.45) is 0 Å². The Morgan fingerprint density at radius 1 is 1.26 bits per heavy atom. The highest BCUT2D eigenvalue weighted by molar-refractivity contribution is 6.42. The predicted octanol–water partition coefficient (Wildman–Crippen LogP) is 2.38. The number of carboxylic acids is 1. The van der Waals surface area contributed by atoms with E-state index in [1.807, 2.05) is 0 Å². The van der Waals surface area contributed by atoms with E-state index in [9.17, 15) is 9.59 Å². The first kappa shape index (κ1) is 15.8. The molecule has 0 aliphatic carbocycles. The predicted molar refractivity (Wildman–Crippen MR) is 74.8 cm³/mol. The van der Waals surface area contributed by atoms with Crippen LogP contribution < -0.4 is 10.6 Å². The number of halogens is 2. The smallest absolute Gasteiger partial charge is 0.323 e. The highest BCUT2D eigenvalue weighted by Crippen LogP contribution is 2.24. The summed E-state index contributed by atoms with van der Waals surface area (Å²) in [6.45, 7) is 2.82. The monoisotopic (exact) mass is 304 g/mol. The number of aliphatic carboxylic acids is 1. The average molecular weight is 305 g/mol. The fourth-order valence-electron chi connectivity index (χ4n) is 1.16. The third-order valence-corrected chi connectivity index (χ3v) is 3.17. The number of rotatable bonds is 5. The van der Waals surface area contributed by atoms with Crippen LogP contribution in [0, 0.1) is 0 Å². The maximum Gasteiger partial charge on any atom is 0.323 e. The van der Waals surface area contributed by atoms with Crippen LogP contribution in [-0.2, 0) is 9.59 Å². The molecule has 1 rings (SSSR count). The van der Waals surface area contributed by atoms with Crippen LogP contribution in [0.25, 0.3) is 0 Å². The molecule has 1 aromatic carbocycles. The number of hydrogen-bond acceptors (Lipinski definition) is 3. The molecule has 1 amide bonds. The summed E-state index contributed by atoms with van der Waals surface area (Å²) in [6, 6.07) is 4.69. The van der Waals surface area contributed by atoms with E-state index in [0.717, 1.165) is 0 Å². The molecule has 0 aliphatic heterocycles. The van der Waals surface area contributed by atoms with Crippen LogP contribution >= 0.6 is 23.2 Å². The summed E-state index contributed by atoms with van der Waals surface area (Å²) in [5, 5.41) is 14.8. The molecule has 0 spiro atoms. The minimum Gasteiger partial charge on any atom is -0.480 e. The van der Waals surface area contributed by atoms with E-state index in [1.165, 1.54) is 19.9 Å². The minimum atomic E-state index is -1.17. The molecule has 3 N–H and O–H groups in total. The molecule has 0 unspecified atom stereocenters. The van der Waals surface area contributed by atoms with E-state index in [0.29, 0.717) is 15.7 Å². The van der Waals surface area contributed by atoms with Gasteiger partial charge in [-0.05, 0) is 32.0 Å². The average Bonchev–Trinajstić information content (AvgIpc) is 2.31. The summed E-state index contributed by atoms with van der Waals surface area (Å²) in [5.41, 5.74) is -0.677. The van der Waals surface area contributed by atoms with E-state index >= 15 is 0 Å². The van der Waals surface area contributed by atoms with Crippen molar-refractivity contribution in [3.63, 3.8) is 0 Å². The van der Waals surface area contributed by atoms with Crippen molar-refractivity contribution in [1.82, 2.24) is 5.32 Å². The topological polar surface area (TPSA) is 78.4 Å². The molecule has 0 fully saturated rings. The van der Waals surface area contributed by atoms with Crippen molar-refractivity contribution >= 4 is 40.8 Å². The zero-order valence-electron chi connectivity index (χ0n) is 10.5. The molecule has 0 aromatic heterocycles. The van der Waals surface area contributed by atoms with E-state index in [4.69, 9.17) is 28.3 Å². The van der Waals surface area contributed by atoms with Crippen LogP contribution in [0.3, 0.4) is 0 Å². The van der Waals surface area contributed by atoms with Crippen LogP contribution in [-0.4, -0.2) is 29.1 Å². The quantitative estimate of drug-likeness (QED) is 0.780. The number of anilines is 1. The lowest BCUT2D eigenvalue weighted by molar-refractivity contribution is -0.143. The lowest BCUT2D eigenvalue weighted by atomic mass is 10.1. The number of nitrogens with one attached hydrogen (secondary N) is 2. The van der Waals surface area contributed by atoms with E-state index < -0.39 is 11.5 Å². The molecule has 5 nitrogen and oxygen atoms in total. The van der Waals surface area contributed by atoms with Gasteiger partial charge in [-0.2, -0.15) is 0 Å². The molecule has 0 radical (unpaired) electrons. The molecule has 104 valence electrons. The molecule has 0 bridgehead atoms. The lowest BCUT2D eigenvalue weighted by Gasteiger charge is -2.20. The Bertz CT molecular complexity index is 504. The first-order chi connectivity index (χ1) is 8.72. The van der Waals surface area contributed by atoms with Gasteiger partial charge in [0.25, 0.3) is 0 Å². The summed E-state index contributed by atoms with van der Waals surface area (Å²) in [6.07, 6.45) is 0. The highest BCUT2D eigenvalue weighted by atomic mass is 35.5. The van der Waals surface area contributed by atoms with Gasteiger partial charge in [0.1, 0.15) is 5.54 Å². The van der Waals surface area contributed by atoms with Gasteiger partial charge in [-0.3, -0.25) is 14.9 Å². The van der Waals surface area contributed by atoms with Crippen LogP contribution in [0.5, 0.6) is 0 Å². The van der Waals surface area contributed by atoms with E-state index in [1.54, 1.807) is 12.1 Å². The molecule has 7 heteroatoms. The number of carbonyl (C=O) groups excluding carboxylic acids is 1. The van der Waals surface area contributed by atoms with Crippen molar-refractivity contribution in [2.75, 3.05) is 11.9 Å². The maximum absolute atomic E-state index is 11.6. The fourth-order valence-corrected chi connectivity index (χ4v) is 1.45. The zero-order chi connectivity index (χ0) is 14.6. The summed E-state index contributed by atoms with van der Waals surface area (Å²) in [4.78, 5) is 22.5. The van der Waals surface area contributed by atoms with Crippen LogP contribution in [0.4, 0.5) is 5.69 Å². The van der Waals surface area contributed by atoms with E-state index in [2.05, 4.69) is 10.6 Å². The van der Waals surface area contributed by atoms with Crippen molar-refractivity contribution in [2.45, 2.75) is 19.4 Å². The fraction of sp³-hybridized carbons (Fsp3) is 0.333. The largest absolute Gasteiger partial charge is 0.480 e. The Balaban J connectivity index is 2.56. The van der Waals surface area contributed by atoms with Crippen molar-refractivity contribution < 1.29 is 14.7 Å². The molecule has 1 aromatic rings. The summed E-state index contributed by atoms with van der Waals surface area (Å²) >= 11 is 11.6. The minimum absolute atomic E-state index is 0.125. The molecular weight excluding hydrogens is 291 g/mol. The maximum atomic E-state index is 11.6. The van der Waals surface area contributed by atoms with Gasteiger partial charge < -0.3 is 10.4 Å². The Morgan fingerprint density at radius 3 is 2.42 bits per heavy atom. The Labute approximate surface area is 120 Å². The van der Waals surface area contributed by atoms with Gasteiger partial charge in [-0.25, -0.2) is 0 Å². The molecule has 0 aliphatic rings. The molecule has 0 heterocycles. The Morgan fingerprint density at radius 2 is 1.89 bits per heavy atom. The number of amides is 1. The second-order valence-corrected chi connectivity index (χ2v) is 5.28. The number of carboxylic acid groups (broad SMARTS) is 1. The first-order valence-electron chi connectivity index (χ1n) is 5.45. The SMILES string of the molecule is CC(C)(NCC(=O)Nc1ccc(Cl)c(Cl)c1)C(=O)O. The van der Waals surface area contributed by atoms with Gasteiger partial charge in [0.05, 0.1) is 16.6 Å². The summed E-state index contributed by atoms with van der Waals surface area (Å²) < 4.78 is 0. The van der Waals surface area contributed by atoms with Gasteiger partial charge in [0, 0.05) is 5.69 Å². The summed E-state index contributed by atoms with van der Waals surface area (Å²) in [5.74, 6) is -1.40. The molecule has 19 heavy (non-hydrogen) atoms. The van der Waals surface area contributed by atoms with Crippen molar-refractivity contribution in [3.8, 4) is 0 Å². The lowest BCUT2D eigenvalue weighted by Crippen LogP contribution is -2.49. The zero-order valence-corrected chi connectivity index (χ0v) is 12.0. The highest BCUT2D eigenvalue weighted by Gasteiger charge is 2.26. The first-order valence-corrected chi connectivity index (χ1v) is 6.21. The van der Waals surface area contributed by atoms with Gasteiger partial charge in [0.15, 0.2) is 0 Å². The summed E-state index contributed by atoms with van der Waals surface area (Å²) in [7, 11) is 0. The van der Waals surface area contributed by atoms with Gasteiger partial charge in [0.2, 0.25) is 5.91 Å². The standard InChI is InChI=1S/C12H14Cl2N2O3/c1-12(2,11(18)19)15-6-10(17)16-7-3-4-8(13)9(14)5-7/h3-5,15H,6H2,1-2H3,(H,16,17)(H,18,19). The molecule has 0 saturated heterocycles. The molecule has 0 atom stereocenters. The third-order valence-electron chi connectivity index (χ3n) is 2.43. The number of carbonyl (C=O) groups is 2.